The van der Waals surface area contributed by atoms with Crippen LogP contribution in [0.4, 0.5) is 16.0 Å². The van der Waals surface area contributed by atoms with Crippen LogP contribution in [-0.2, 0) is 17.2 Å². The number of anilines is 2. The van der Waals surface area contributed by atoms with E-state index in [4.69, 9.17) is 37.8 Å². The number of carbonyl (C=O) groups is 1. The maximum absolute atomic E-state index is 14.3. The second-order valence-corrected chi connectivity index (χ2v) is 12.1. The lowest BCUT2D eigenvalue weighted by atomic mass is 9.95. The van der Waals surface area contributed by atoms with E-state index in [2.05, 4.69) is 15.6 Å². The highest BCUT2D eigenvalue weighted by Gasteiger charge is 2.35. The first-order chi connectivity index (χ1) is 22.3. The number of benzene rings is 4. The molecular weight excluding hydrogens is 648 g/mol. The molecule has 0 saturated carbocycles. The van der Waals surface area contributed by atoms with E-state index in [1.54, 1.807) is 54.3 Å². The van der Waals surface area contributed by atoms with E-state index in [-0.39, 0.29) is 18.3 Å². The molecule has 8 nitrogen and oxygen atoms in total. The number of amides is 1. The van der Waals surface area contributed by atoms with Crippen LogP contribution in [0.1, 0.15) is 29.7 Å². The lowest BCUT2D eigenvalue weighted by Gasteiger charge is -2.29. The molecule has 1 amide bonds. The summed E-state index contributed by atoms with van der Waals surface area (Å²) in [5, 5.41) is 12.5. The van der Waals surface area contributed by atoms with Gasteiger partial charge in [-0.25, -0.2) is 9.07 Å². The smallest absolute Gasteiger partial charge is 0.255 e. The van der Waals surface area contributed by atoms with Gasteiger partial charge in [0, 0.05) is 27.1 Å². The van der Waals surface area contributed by atoms with Crippen molar-refractivity contribution >= 4 is 52.5 Å². The van der Waals surface area contributed by atoms with Crippen LogP contribution in [0.25, 0.3) is 0 Å². The molecule has 12 heteroatoms. The van der Waals surface area contributed by atoms with Gasteiger partial charge >= 0.3 is 0 Å². The largest absolute Gasteiger partial charge is 0.495 e. The lowest BCUT2D eigenvalue weighted by molar-refractivity contribution is -0.113. The molecule has 1 aromatic heterocycles. The molecule has 0 fully saturated rings. The number of ether oxygens (including phenoxy) is 2. The molecule has 0 spiro atoms. The lowest BCUT2D eigenvalue weighted by Crippen LogP contribution is -2.31. The Hall–Kier alpha value is -4.51. The van der Waals surface area contributed by atoms with E-state index in [9.17, 15) is 9.18 Å². The van der Waals surface area contributed by atoms with E-state index in [0.717, 1.165) is 11.1 Å². The van der Waals surface area contributed by atoms with Crippen molar-refractivity contribution in [1.29, 1.82) is 0 Å². The highest BCUT2D eigenvalue weighted by atomic mass is 35.5. The quantitative estimate of drug-likeness (QED) is 0.143. The number of hydrogen-bond acceptors (Lipinski definition) is 7. The van der Waals surface area contributed by atoms with Crippen LogP contribution in [0, 0.1) is 5.82 Å². The van der Waals surface area contributed by atoms with Gasteiger partial charge in [0.05, 0.1) is 18.4 Å². The van der Waals surface area contributed by atoms with Gasteiger partial charge in [-0.05, 0) is 60.5 Å². The SMILES string of the molecule is COc1ccccc1NC(=O)C1=C(C)Nc2nc(SCc3ccccc3F)nn2C1c1ccc(OCc2ccc(Cl)cc2Cl)cc1. The van der Waals surface area contributed by atoms with Crippen molar-refractivity contribution in [2.24, 2.45) is 0 Å². The minimum atomic E-state index is -0.638. The number of methoxy groups -OCH3 is 1. The number of fused-ring (bicyclic) bond motifs is 1. The molecule has 4 aromatic carbocycles. The van der Waals surface area contributed by atoms with Crippen LogP contribution < -0.4 is 20.1 Å². The third-order valence-corrected chi connectivity index (χ3v) is 8.83. The summed E-state index contributed by atoms with van der Waals surface area (Å²) >= 11 is 13.6. The summed E-state index contributed by atoms with van der Waals surface area (Å²) in [7, 11) is 1.55. The maximum atomic E-state index is 14.3. The zero-order valence-corrected chi connectivity index (χ0v) is 27.1. The molecular formula is C34H28Cl2FN5O3S. The monoisotopic (exact) mass is 675 g/mol. The van der Waals surface area contributed by atoms with Gasteiger partial charge in [0.2, 0.25) is 11.1 Å². The molecule has 0 radical (unpaired) electrons. The zero-order chi connectivity index (χ0) is 32.2. The normalized spacial score (nSPS) is 14.0. The Kier molecular flexibility index (Phi) is 9.48. The van der Waals surface area contributed by atoms with E-state index < -0.39 is 6.04 Å². The van der Waals surface area contributed by atoms with Crippen LogP contribution in [-0.4, -0.2) is 27.8 Å². The Morgan fingerprint density at radius 1 is 1.02 bits per heavy atom. The molecule has 1 aliphatic rings. The number of carbonyl (C=O) groups excluding carboxylic acids is 1. The van der Waals surface area contributed by atoms with Crippen molar-refractivity contribution in [3.63, 3.8) is 0 Å². The summed E-state index contributed by atoms with van der Waals surface area (Å²) in [4.78, 5) is 18.6. The van der Waals surface area contributed by atoms with Gasteiger partial charge in [0.1, 0.15) is 30.0 Å². The summed E-state index contributed by atoms with van der Waals surface area (Å²) in [5.41, 5.74) is 3.71. The Morgan fingerprint density at radius 3 is 2.54 bits per heavy atom. The maximum Gasteiger partial charge on any atom is 0.255 e. The van der Waals surface area contributed by atoms with E-state index in [1.165, 1.54) is 17.8 Å². The van der Waals surface area contributed by atoms with E-state index in [1.807, 2.05) is 49.4 Å². The van der Waals surface area contributed by atoms with Crippen LogP contribution in [0.2, 0.25) is 10.0 Å². The molecule has 0 aliphatic carbocycles. The van der Waals surface area contributed by atoms with Crippen molar-refractivity contribution in [2.45, 2.75) is 30.5 Å². The molecule has 0 saturated heterocycles. The fourth-order valence-electron chi connectivity index (χ4n) is 5.04. The Balaban J connectivity index is 1.30. The van der Waals surface area contributed by atoms with Crippen molar-refractivity contribution < 1.29 is 18.7 Å². The summed E-state index contributed by atoms with van der Waals surface area (Å²) in [5.74, 6) is 1.33. The number of para-hydroxylation sites is 2. The van der Waals surface area contributed by atoms with Crippen LogP contribution in [0.5, 0.6) is 11.5 Å². The van der Waals surface area contributed by atoms with Crippen LogP contribution >= 0.6 is 35.0 Å². The van der Waals surface area contributed by atoms with Crippen molar-refractivity contribution in [2.75, 3.05) is 17.7 Å². The van der Waals surface area contributed by atoms with Crippen LogP contribution in [0.3, 0.4) is 0 Å². The van der Waals surface area contributed by atoms with Crippen molar-refractivity contribution in [1.82, 2.24) is 14.8 Å². The fraction of sp³-hybridized carbons (Fsp3) is 0.147. The van der Waals surface area contributed by atoms with Gasteiger partial charge < -0.3 is 20.1 Å². The second kappa shape index (κ2) is 13.9. The summed E-state index contributed by atoms with van der Waals surface area (Å²) < 4.78 is 27.4. The first kappa shape index (κ1) is 31.5. The average molecular weight is 677 g/mol. The predicted molar refractivity (Wildman–Crippen MR) is 179 cm³/mol. The summed E-state index contributed by atoms with van der Waals surface area (Å²) in [6.45, 7) is 2.08. The fourth-order valence-corrected chi connectivity index (χ4v) is 6.31. The van der Waals surface area contributed by atoms with E-state index >= 15 is 0 Å². The Morgan fingerprint density at radius 2 is 1.78 bits per heavy atom. The number of allylic oxidation sites excluding steroid dienone is 1. The number of nitrogens with one attached hydrogen (secondary N) is 2. The minimum absolute atomic E-state index is 0.254. The molecule has 1 atom stereocenters. The molecule has 0 bridgehead atoms. The molecule has 2 heterocycles. The zero-order valence-electron chi connectivity index (χ0n) is 24.8. The first-order valence-corrected chi connectivity index (χ1v) is 16.0. The van der Waals surface area contributed by atoms with Gasteiger partial charge in [-0.3, -0.25) is 4.79 Å². The van der Waals surface area contributed by atoms with Gasteiger partial charge in [0.25, 0.3) is 5.91 Å². The van der Waals surface area contributed by atoms with Gasteiger partial charge in [-0.2, -0.15) is 4.98 Å². The summed E-state index contributed by atoms with van der Waals surface area (Å²) in [6.07, 6.45) is 0. The van der Waals surface area contributed by atoms with Crippen molar-refractivity contribution in [3.05, 3.63) is 135 Å². The van der Waals surface area contributed by atoms with E-state index in [0.29, 0.717) is 60.9 Å². The molecule has 5 aromatic rings. The Bertz CT molecular complexity index is 1930. The van der Waals surface area contributed by atoms with Gasteiger partial charge in [0.15, 0.2) is 0 Å². The summed E-state index contributed by atoms with van der Waals surface area (Å²) in [6, 6.07) is 25.9. The standard InChI is InChI=1S/C34H28Cl2FN5O3S/c1-20-30(32(43)39-28-9-5-6-10-29(28)44-2)31(21-12-15-25(16-13-21)45-18-22-11-14-24(35)17-26(22)36)42-33(38-20)40-34(41-42)46-19-23-7-3-4-8-27(23)37/h3-17,31H,18-19H2,1-2H3,(H,39,43)(H,38,40,41). The van der Waals surface area contributed by atoms with Gasteiger partial charge in [-0.1, -0.05) is 83.5 Å². The molecule has 6 rings (SSSR count). The third-order valence-electron chi connectivity index (χ3n) is 7.35. The molecule has 234 valence electrons. The second-order valence-electron chi connectivity index (χ2n) is 10.4. The minimum Gasteiger partial charge on any atom is -0.495 e. The van der Waals surface area contributed by atoms with Gasteiger partial charge in [-0.15, -0.1) is 5.10 Å². The topological polar surface area (TPSA) is 90.3 Å². The number of aromatic nitrogens is 3. The molecule has 1 aliphatic heterocycles. The number of nitrogens with zero attached hydrogens (tertiary/aromatic N) is 3. The number of hydrogen-bond donors (Lipinski definition) is 2. The van der Waals surface area contributed by atoms with Crippen LogP contribution in [0.15, 0.2) is 107 Å². The first-order valence-electron chi connectivity index (χ1n) is 14.2. The third kappa shape index (κ3) is 6.84. The average Bonchev–Trinajstić information content (AvgIpc) is 3.46. The molecule has 1 unspecified atom stereocenters. The highest BCUT2D eigenvalue weighted by molar-refractivity contribution is 7.98. The number of halogens is 3. The Labute approximate surface area is 279 Å². The van der Waals surface area contributed by atoms with Crippen molar-refractivity contribution in [3.8, 4) is 11.5 Å². The molecule has 46 heavy (non-hydrogen) atoms. The predicted octanol–water partition coefficient (Wildman–Crippen LogP) is 8.53. The molecule has 2 N–H and O–H groups in total. The highest BCUT2D eigenvalue weighted by Crippen LogP contribution is 2.38. The number of thioether (sulfide) groups is 1. The number of rotatable bonds is 10.